The Morgan fingerprint density at radius 1 is 1.62 bits per heavy atom. The fourth-order valence-electron chi connectivity index (χ4n) is 2.08. The van der Waals surface area contributed by atoms with Gasteiger partial charge in [-0.2, -0.15) is 0 Å². The van der Waals surface area contributed by atoms with Crippen LogP contribution in [0.3, 0.4) is 0 Å². The van der Waals surface area contributed by atoms with Gasteiger partial charge in [-0.3, -0.25) is 4.98 Å². The largest absolute Gasteiger partial charge is 0.633 e. The van der Waals surface area contributed by atoms with Gasteiger partial charge in [0, 0.05) is 30.8 Å². The van der Waals surface area contributed by atoms with Crippen molar-refractivity contribution in [1.29, 1.82) is 0 Å². The van der Waals surface area contributed by atoms with Crippen molar-refractivity contribution in [2.75, 3.05) is 13.6 Å². The van der Waals surface area contributed by atoms with Crippen molar-refractivity contribution in [1.82, 2.24) is 4.98 Å². The van der Waals surface area contributed by atoms with Gasteiger partial charge in [0.05, 0.1) is 13.6 Å². The summed E-state index contributed by atoms with van der Waals surface area (Å²) >= 11 is 0. The number of nitrogens with zero attached hydrogens (tertiary/aromatic N) is 2. The highest BCUT2D eigenvalue weighted by Gasteiger charge is 2.32. The van der Waals surface area contributed by atoms with Crippen molar-refractivity contribution in [2.24, 2.45) is 0 Å². The molecule has 1 fully saturated rings. The molecule has 1 aromatic heterocycles. The van der Waals surface area contributed by atoms with Crippen molar-refractivity contribution < 1.29 is 4.65 Å². The second-order valence-electron chi connectivity index (χ2n) is 3.84. The molecule has 13 heavy (non-hydrogen) atoms. The van der Waals surface area contributed by atoms with E-state index in [1.165, 1.54) is 0 Å². The Balaban J connectivity index is 2.27. The van der Waals surface area contributed by atoms with Crippen molar-refractivity contribution in [3.05, 3.63) is 35.3 Å². The summed E-state index contributed by atoms with van der Waals surface area (Å²) in [6.07, 6.45) is 5.57. The van der Waals surface area contributed by atoms with Crippen LogP contribution in [0, 0.1) is 5.21 Å². The Kier molecular flexibility index (Phi) is 2.06. The summed E-state index contributed by atoms with van der Waals surface area (Å²) in [5.74, 6) is 0. The molecule has 2 atom stereocenters. The van der Waals surface area contributed by atoms with Crippen molar-refractivity contribution >= 4 is 0 Å². The molecule has 0 N–H and O–H groups in total. The first kappa shape index (κ1) is 8.66. The van der Waals surface area contributed by atoms with Crippen molar-refractivity contribution in [2.45, 2.75) is 18.9 Å². The topological polar surface area (TPSA) is 36.0 Å². The van der Waals surface area contributed by atoms with Crippen LogP contribution in [-0.4, -0.2) is 23.2 Å². The average Bonchev–Trinajstić information content (AvgIpc) is 2.47. The molecule has 1 saturated heterocycles. The first-order valence-electron chi connectivity index (χ1n) is 4.66. The molecule has 0 bridgehead atoms. The zero-order valence-electron chi connectivity index (χ0n) is 7.81. The van der Waals surface area contributed by atoms with Crippen LogP contribution in [0.1, 0.15) is 24.4 Å². The number of pyridine rings is 1. The molecule has 0 aliphatic carbocycles. The molecule has 70 valence electrons. The van der Waals surface area contributed by atoms with Crippen LogP contribution >= 0.6 is 0 Å². The van der Waals surface area contributed by atoms with Crippen LogP contribution in [0.2, 0.25) is 0 Å². The van der Waals surface area contributed by atoms with Gasteiger partial charge in [-0.05, 0) is 6.07 Å². The van der Waals surface area contributed by atoms with E-state index in [4.69, 9.17) is 0 Å². The van der Waals surface area contributed by atoms with Crippen LogP contribution in [0.5, 0.6) is 0 Å². The molecule has 0 radical (unpaired) electrons. The van der Waals surface area contributed by atoms with E-state index in [9.17, 15) is 5.21 Å². The summed E-state index contributed by atoms with van der Waals surface area (Å²) in [5, 5.41) is 11.9. The highest BCUT2D eigenvalue weighted by molar-refractivity contribution is 5.12. The van der Waals surface area contributed by atoms with Gasteiger partial charge in [-0.25, -0.2) is 0 Å². The van der Waals surface area contributed by atoms with Crippen molar-refractivity contribution in [3.8, 4) is 0 Å². The first-order chi connectivity index (χ1) is 6.20. The third-order valence-electron chi connectivity index (χ3n) is 2.81. The smallest absolute Gasteiger partial charge is 0.116 e. The second kappa shape index (κ2) is 3.09. The normalized spacial score (nSPS) is 33.5. The number of aromatic nitrogens is 1. The van der Waals surface area contributed by atoms with Crippen LogP contribution in [0.4, 0.5) is 0 Å². The summed E-state index contributed by atoms with van der Waals surface area (Å²) in [4.78, 5) is 4.05. The summed E-state index contributed by atoms with van der Waals surface area (Å²) in [5.41, 5.74) is 1.08. The predicted octanol–water partition coefficient (Wildman–Crippen LogP) is 1.86. The van der Waals surface area contributed by atoms with E-state index in [-0.39, 0.29) is 10.7 Å². The second-order valence-corrected chi connectivity index (χ2v) is 3.84. The third-order valence-corrected chi connectivity index (χ3v) is 2.81. The molecule has 3 heteroatoms. The fourth-order valence-corrected chi connectivity index (χ4v) is 2.08. The van der Waals surface area contributed by atoms with Gasteiger partial charge < -0.3 is 9.85 Å². The lowest BCUT2D eigenvalue weighted by molar-refractivity contribution is -0.878. The number of hydroxylamine groups is 3. The van der Waals surface area contributed by atoms with Crippen LogP contribution < -0.4 is 0 Å². The summed E-state index contributed by atoms with van der Waals surface area (Å²) in [6, 6.07) is 4.00. The van der Waals surface area contributed by atoms with Gasteiger partial charge >= 0.3 is 0 Å². The van der Waals surface area contributed by atoms with Gasteiger partial charge in [0.2, 0.25) is 0 Å². The maximum Gasteiger partial charge on any atom is 0.116 e. The number of quaternary nitrogens is 1. The number of likely N-dealkylation sites (tertiary alicyclic amines) is 1. The Labute approximate surface area is 78.2 Å². The molecule has 1 aliphatic rings. The van der Waals surface area contributed by atoms with Gasteiger partial charge in [0.15, 0.2) is 0 Å². The standard InChI is InChI=1S/C10H14N2O/c1-12(13)7-3-5-10(12)9-4-2-6-11-8-9/h2,4,6,8,10H,3,5,7H2,1H3/t10-,12?/m1/s1. The molecule has 1 aromatic rings. The molecule has 1 unspecified atom stereocenters. The molecule has 3 nitrogen and oxygen atoms in total. The lowest BCUT2D eigenvalue weighted by atomic mass is 10.1. The Bertz CT molecular complexity index is 284. The molecule has 1 aliphatic heterocycles. The Morgan fingerprint density at radius 3 is 3.00 bits per heavy atom. The molecule has 2 heterocycles. The molecule has 0 saturated carbocycles. The van der Waals surface area contributed by atoms with Crippen LogP contribution in [-0.2, 0) is 0 Å². The van der Waals surface area contributed by atoms with Gasteiger partial charge in [0.25, 0.3) is 0 Å². The molecular weight excluding hydrogens is 164 g/mol. The summed E-state index contributed by atoms with van der Waals surface area (Å²) < 4.78 is -0.133. The lowest BCUT2D eigenvalue weighted by Crippen LogP contribution is -2.36. The quantitative estimate of drug-likeness (QED) is 0.486. The van der Waals surface area contributed by atoms with E-state index in [1.807, 2.05) is 18.3 Å². The SMILES string of the molecule is C[N+]1([O-])CCC[C@@H]1c1cccnc1. The average molecular weight is 178 g/mol. The van der Waals surface area contributed by atoms with Crippen LogP contribution in [0.25, 0.3) is 0 Å². The number of rotatable bonds is 1. The highest BCUT2D eigenvalue weighted by Crippen LogP contribution is 2.35. The Hall–Kier alpha value is -0.930. The van der Waals surface area contributed by atoms with Crippen molar-refractivity contribution in [3.63, 3.8) is 0 Å². The molecule has 0 amide bonds. The minimum absolute atomic E-state index is 0.105. The molecule has 0 aromatic carbocycles. The van der Waals surface area contributed by atoms with E-state index in [2.05, 4.69) is 4.98 Å². The minimum atomic E-state index is -0.133. The monoisotopic (exact) mass is 178 g/mol. The van der Waals surface area contributed by atoms with Crippen LogP contribution in [0.15, 0.2) is 24.5 Å². The minimum Gasteiger partial charge on any atom is -0.633 e. The Morgan fingerprint density at radius 2 is 2.46 bits per heavy atom. The fraction of sp³-hybridized carbons (Fsp3) is 0.500. The summed E-state index contributed by atoms with van der Waals surface area (Å²) in [7, 11) is 1.75. The molecule has 2 rings (SSSR count). The zero-order valence-corrected chi connectivity index (χ0v) is 7.81. The van der Waals surface area contributed by atoms with E-state index in [0.29, 0.717) is 0 Å². The molecule has 0 spiro atoms. The summed E-state index contributed by atoms with van der Waals surface area (Å²) in [6.45, 7) is 0.736. The van der Waals surface area contributed by atoms with Gasteiger partial charge in [-0.15, -0.1) is 0 Å². The van der Waals surface area contributed by atoms with E-state index >= 15 is 0 Å². The third kappa shape index (κ3) is 1.57. The van der Waals surface area contributed by atoms with E-state index in [1.54, 1.807) is 13.2 Å². The van der Waals surface area contributed by atoms with E-state index in [0.717, 1.165) is 24.9 Å². The maximum absolute atomic E-state index is 11.9. The predicted molar refractivity (Wildman–Crippen MR) is 50.6 cm³/mol. The number of hydrogen-bond donors (Lipinski definition) is 0. The molecular formula is C10H14N2O. The maximum atomic E-state index is 11.9. The van der Waals surface area contributed by atoms with E-state index < -0.39 is 0 Å². The van der Waals surface area contributed by atoms with Gasteiger partial charge in [0.1, 0.15) is 6.04 Å². The lowest BCUT2D eigenvalue weighted by Gasteiger charge is -2.40. The first-order valence-corrected chi connectivity index (χ1v) is 4.66. The number of hydrogen-bond acceptors (Lipinski definition) is 2. The van der Waals surface area contributed by atoms with Gasteiger partial charge in [-0.1, -0.05) is 6.07 Å². The highest BCUT2D eigenvalue weighted by atomic mass is 16.5. The zero-order chi connectivity index (χ0) is 9.31.